The van der Waals surface area contributed by atoms with Crippen LogP contribution in [-0.4, -0.2) is 52.9 Å². The molecule has 1 aliphatic heterocycles. The van der Waals surface area contributed by atoms with Gasteiger partial charge in [-0.25, -0.2) is 4.63 Å². The molecule has 3 N–H and O–H groups in total. The van der Waals surface area contributed by atoms with E-state index >= 15 is 0 Å². The average Bonchev–Trinajstić information content (AvgIpc) is 2.93. The third-order valence-electron chi connectivity index (χ3n) is 3.29. The molecule has 0 atom stereocenters. The Morgan fingerprint density at radius 2 is 2.05 bits per heavy atom. The van der Waals surface area contributed by atoms with Crippen LogP contribution in [0.1, 0.15) is 0 Å². The molecule has 2 heterocycles. The van der Waals surface area contributed by atoms with Crippen LogP contribution in [0.4, 0.5) is 11.4 Å². The van der Waals surface area contributed by atoms with Gasteiger partial charge >= 0.3 is 0 Å². The maximum absolute atomic E-state index is 5.81. The van der Waals surface area contributed by atoms with Crippen molar-refractivity contribution in [2.24, 2.45) is 0 Å². The lowest BCUT2D eigenvalue weighted by Gasteiger charge is -2.26. The molecule has 0 amide bonds. The van der Waals surface area contributed by atoms with E-state index in [4.69, 9.17) is 10.4 Å². The van der Waals surface area contributed by atoms with Crippen LogP contribution in [0, 0.1) is 0 Å². The predicted octanol–water partition coefficient (Wildman–Crippen LogP) is 1.27. The van der Waals surface area contributed by atoms with Gasteiger partial charge in [-0.15, -0.1) is 0 Å². The first kappa shape index (κ1) is 12.6. The van der Waals surface area contributed by atoms with Crippen molar-refractivity contribution in [2.75, 3.05) is 48.7 Å². The second-order valence-electron chi connectivity index (χ2n) is 4.54. The van der Waals surface area contributed by atoms with Crippen LogP contribution in [-0.2, 0) is 0 Å². The lowest BCUT2D eigenvalue weighted by atomic mass is 10.2. The van der Waals surface area contributed by atoms with Gasteiger partial charge in [0.1, 0.15) is 0 Å². The smallest absolute Gasteiger partial charge is 0.160 e. The number of nitrogens with two attached hydrogens (primary N) is 1. The van der Waals surface area contributed by atoms with E-state index in [1.165, 1.54) is 24.6 Å². The maximum Gasteiger partial charge on any atom is 0.160 e. The van der Waals surface area contributed by atoms with Gasteiger partial charge in [0.15, 0.2) is 11.0 Å². The van der Waals surface area contributed by atoms with E-state index < -0.39 is 0 Å². The topological polar surface area (TPSA) is 80.2 Å². The van der Waals surface area contributed by atoms with Gasteiger partial charge in [-0.1, -0.05) is 0 Å². The normalized spacial score (nSPS) is 16.8. The SMILES string of the molecule is Nc1ccc(NCCN2CCSCC2)c2nonc12. The monoisotopic (exact) mass is 279 g/mol. The first-order valence-corrected chi connectivity index (χ1v) is 7.55. The molecule has 19 heavy (non-hydrogen) atoms. The molecule has 1 saturated heterocycles. The average molecular weight is 279 g/mol. The standard InChI is InChI=1S/C12H17N5OS/c13-9-1-2-10(12-11(9)15-18-16-12)14-3-4-17-5-7-19-8-6-17/h1-2,14H,3-8,13H2. The van der Waals surface area contributed by atoms with E-state index in [1.54, 1.807) is 0 Å². The minimum absolute atomic E-state index is 0.592. The summed E-state index contributed by atoms with van der Waals surface area (Å²) in [7, 11) is 0. The summed E-state index contributed by atoms with van der Waals surface area (Å²) in [6.45, 7) is 4.28. The van der Waals surface area contributed by atoms with E-state index in [-0.39, 0.29) is 0 Å². The largest absolute Gasteiger partial charge is 0.397 e. The zero-order valence-corrected chi connectivity index (χ0v) is 11.4. The summed E-state index contributed by atoms with van der Waals surface area (Å²) in [5.41, 5.74) is 8.66. The van der Waals surface area contributed by atoms with Gasteiger partial charge in [0.2, 0.25) is 0 Å². The van der Waals surface area contributed by atoms with E-state index in [1.807, 2.05) is 23.9 Å². The van der Waals surface area contributed by atoms with Gasteiger partial charge < -0.3 is 11.1 Å². The van der Waals surface area contributed by atoms with Crippen LogP contribution in [0.2, 0.25) is 0 Å². The van der Waals surface area contributed by atoms with E-state index in [9.17, 15) is 0 Å². The van der Waals surface area contributed by atoms with Gasteiger partial charge in [0.05, 0.1) is 11.4 Å². The lowest BCUT2D eigenvalue weighted by molar-refractivity contribution is 0.314. The summed E-state index contributed by atoms with van der Waals surface area (Å²) in [6, 6.07) is 3.75. The Labute approximate surface area is 115 Å². The second kappa shape index (κ2) is 5.66. The highest BCUT2D eigenvalue weighted by molar-refractivity contribution is 7.99. The molecule has 0 unspecified atom stereocenters. The molecule has 6 nitrogen and oxygen atoms in total. The van der Waals surface area contributed by atoms with Crippen molar-refractivity contribution < 1.29 is 4.63 Å². The van der Waals surface area contributed by atoms with Crippen LogP contribution in [0.5, 0.6) is 0 Å². The Hall–Kier alpha value is -1.47. The van der Waals surface area contributed by atoms with E-state index in [0.29, 0.717) is 16.7 Å². The molecule has 1 aliphatic rings. The van der Waals surface area contributed by atoms with Crippen molar-refractivity contribution in [3.8, 4) is 0 Å². The molecule has 0 saturated carbocycles. The maximum atomic E-state index is 5.81. The molecule has 1 aromatic carbocycles. The van der Waals surface area contributed by atoms with Crippen molar-refractivity contribution in [3.63, 3.8) is 0 Å². The molecular weight excluding hydrogens is 262 g/mol. The number of nitrogens with one attached hydrogen (secondary N) is 1. The molecule has 2 aromatic rings. The fourth-order valence-electron chi connectivity index (χ4n) is 2.20. The van der Waals surface area contributed by atoms with Crippen LogP contribution in [0.3, 0.4) is 0 Å². The van der Waals surface area contributed by atoms with Gasteiger partial charge in [0.25, 0.3) is 0 Å². The van der Waals surface area contributed by atoms with Crippen LogP contribution in [0.15, 0.2) is 16.8 Å². The highest BCUT2D eigenvalue weighted by atomic mass is 32.2. The zero-order chi connectivity index (χ0) is 13.1. The highest BCUT2D eigenvalue weighted by Crippen LogP contribution is 2.24. The van der Waals surface area contributed by atoms with Crippen molar-refractivity contribution in [1.29, 1.82) is 0 Å². The van der Waals surface area contributed by atoms with Crippen LogP contribution < -0.4 is 11.1 Å². The van der Waals surface area contributed by atoms with Gasteiger partial charge in [-0.3, -0.25) is 4.90 Å². The number of nitrogens with zero attached hydrogens (tertiary/aromatic N) is 3. The minimum atomic E-state index is 0.592. The third kappa shape index (κ3) is 2.76. The Balaban J connectivity index is 1.62. The Morgan fingerprint density at radius 1 is 1.26 bits per heavy atom. The summed E-state index contributed by atoms with van der Waals surface area (Å²) in [4.78, 5) is 2.47. The quantitative estimate of drug-likeness (QED) is 0.816. The van der Waals surface area contributed by atoms with Crippen molar-refractivity contribution in [3.05, 3.63) is 12.1 Å². The van der Waals surface area contributed by atoms with Crippen LogP contribution in [0.25, 0.3) is 11.0 Å². The first-order valence-electron chi connectivity index (χ1n) is 6.39. The summed E-state index contributed by atoms with van der Waals surface area (Å²) < 4.78 is 4.75. The summed E-state index contributed by atoms with van der Waals surface area (Å²) in [6.07, 6.45) is 0. The second-order valence-corrected chi connectivity index (χ2v) is 5.77. The predicted molar refractivity (Wildman–Crippen MR) is 78.5 cm³/mol. The molecule has 3 rings (SSSR count). The molecule has 1 fully saturated rings. The fourth-order valence-corrected chi connectivity index (χ4v) is 3.18. The summed E-state index contributed by atoms with van der Waals surface area (Å²) in [5, 5.41) is 11.1. The number of benzene rings is 1. The summed E-state index contributed by atoms with van der Waals surface area (Å²) in [5.74, 6) is 2.47. The first-order chi connectivity index (χ1) is 9.34. The van der Waals surface area contributed by atoms with Crippen molar-refractivity contribution in [2.45, 2.75) is 0 Å². The van der Waals surface area contributed by atoms with E-state index in [2.05, 4.69) is 20.5 Å². The minimum Gasteiger partial charge on any atom is -0.397 e. The zero-order valence-electron chi connectivity index (χ0n) is 10.6. The Bertz CT molecular complexity index is 552. The summed E-state index contributed by atoms with van der Waals surface area (Å²) >= 11 is 2.03. The number of aromatic nitrogens is 2. The number of hydrogen-bond acceptors (Lipinski definition) is 7. The van der Waals surface area contributed by atoms with Gasteiger partial charge in [-0.2, -0.15) is 11.8 Å². The number of rotatable bonds is 4. The number of hydrogen-bond donors (Lipinski definition) is 2. The van der Waals surface area contributed by atoms with Gasteiger partial charge in [-0.05, 0) is 22.4 Å². The molecule has 0 bridgehead atoms. The molecule has 0 aliphatic carbocycles. The molecule has 0 radical (unpaired) electrons. The highest BCUT2D eigenvalue weighted by Gasteiger charge is 2.12. The molecule has 7 heteroatoms. The Kier molecular flexibility index (Phi) is 3.74. The number of anilines is 2. The van der Waals surface area contributed by atoms with Crippen molar-refractivity contribution in [1.82, 2.24) is 15.2 Å². The lowest BCUT2D eigenvalue weighted by Crippen LogP contribution is -2.36. The number of nitrogen functional groups attached to an aromatic ring is 1. The van der Waals surface area contributed by atoms with E-state index in [0.717, 1.165) is 18.8 Å². The van der Waals surface area contributed by atoms with Crippen molar-refractivity contribution >= 4 is 34.2 Å². The fraction of sp³-hybridized carbons (Fsp3) is 0.500. The van der Waals surface area contributed by atoms with Gasteiger partial charge in [0, 0.05) is 37.7 Å². The number of fused-ring (bicyclic) bond motifs is 1. The molecule has 0 spiro atoms. The van der Waals surface area contributed by atoms with Crippen LogP contribution >= 0.6 is 11.8 Å². The number of thioether (sulfide) groups is 1. The molecule has 1 aromatic heterocycles. The molecule has 102 valence electrons. The Morgan fingerprint density at radius 3 is 2.89 bits per heavy atom. The molecular formula is C12H17N5OS. The third-order valence-corrected chi connectivity index (χ3v) is 4.24.